The second-order valence-corrected chi connectivity index (χ2v) is 7.77. The normalized spacial score (nSPS) is 14.5. The number of benzene rings is 2. The Morgan fingerprint density at radius 1 is 1.12 bits per heavy atom. The molecule has 9 nitrogen and oxygen atoms in total. The van der Waals surface area contributed by atoms with Crippen molar-refractivity contribution in [2.75, 3.05) is 42.3 Å². The number of hydrogen-bond acceptors (Lipinski definition) is 6. The van der Waals surface area contributed by atoms with Crippen LogP contribution in [0.15, 0.2) is 42.5 Å². The molecule has 0 aliphatic carbocycles. The van der Waals surface area contributed by atoms with Crippen LogP contribution in [0.3, 0.4) is 0 Å². The van der Waals surface area contributed by atoms with Crippen molar-refractivity contribution in [1.82, 2.24) is 0 Å². The number of alkyl halides is 3. The van der Waals surface area contributed by atoms with Gasteiger partial charge in [0.1, 0.15) is 12.3 Å². The average molecular weight is 480 g/mol. The number of nitro benzene ring substituents is 1. The molecule has 0 atom stereocenters. The van der Waals surface area contributed by atoms with Gasteiger partial charge in [-0.1, -0.05) is 6.07 Å². The molecule has 0 unspecified atom stereocenters. The second kappa shape index (κ2) is 10.5. The van der Waals surface area contributed by atoms with Crippen molar-refractivity contribution in [1.29, 1.82) is 0 Å². The number of rotatable bonds is 7. The molecule has 1 aliphatic rings. The third-order valence-corrected chi connectivity index (χ3v) is 5.40. The molecule has 182 valence electrons. The molecular formula is C22H23F3N4O5. The first-order chi connectivity index (χ1) is 16.1. The Hall–Kier alpha value is -3.67. The van der Waals surface area contributed by atoms with Gasteiger partial charge in [0.05, 0.1) is 10.5 Å². The topological polar surface area (TPSA) is 114 Å². The van der Waals surface area contributed by atoms with Crippen LogP contribution in [0.5, 0.6) is 0 Å². The van der Waals surface area contributed by atoms with E-state index >= 15 is 0 Å². The van der Waals surface area contributed by atoms with Gasteiger partial charge < -0.3 is 20.3 Å². The molecule has 34 heavy (non-hydrogen) atoms. The predicted octanol–water partition coefficient (Wildman–Crippen LogP) is 4.05. The number of carbonyl (C=O) groups excluding carboxylic acids is 2. The van der Waals surface area contributed by atoms with Gasteiger partial charge >= 0.3 is 6.18 Å². The highest BCUT2D eigenvalue weighted by Crippen LogP contribution is 2.37. The van der Waals surface area contributed by atoms with Crippen molar-refractivity contribution < 1.29 is 32.4 Å². The molecule has 0 spiro atoms. The van der Waals surface area contributed by atoms with Crippen LogP contribution in [0.4, 0.5) is 35.9 Å². The summed E-state index contributed by atoms with van der Waals surface area (Å²) < 4.78 is 43.6. The van der Waals surface area contributed by atoms with E-state index < -0.39 is 22.4 Å². The minimum absolute atomic E-state index is 0.0939. The maximum atomic E-state index is 12.9. The summed E-state index contributed by atoms with van der Waals surface area (Å²) in [6.45, 7) is 0.446. The molecule has 0 saturated carbocycles. The number of nitro groups is 1. The first-order valence-corrected chi connectivity index (χ1v) is 10.4. The Morgan fingerprint density at radius 2 is 1.76 bits per heavy atom. The molecule has 1 saturated heterocycles. The number of nitrogens with zero attached hydrogens (tertiary/aromatic N) is 2. The van der Waals surface area contributed by atoms with Gasteiger partial charge in [-0.25, -0.2) is 0 Å². The van der Waals surface area contributed by atoms with Gasteiger partial charge in [-0.3, -0.25) is 19.7 Å². The smallest absolute Gasteiger partial charge is 0.375 e. The lowest BCUT2D eigenvalue weighted by molar-refractivity contribution is -0.384. The SMILES string of the molecule is COCC(=O)Nc1cccc(NC(=O)C2CCN(c3ccc(C(F)(F)F)cc3[N+](=O)[O-])CC2)c1. The zero-order valence-corrected chi connectivity index (χ0v) is 18.2. The molecule has 1 aliphatic heterocycles. The van der Waals surface area contributed by atoms with Gasteiger partial charge in [0.25, 0.3) is 5.69 Å². The number of piperidine rings is 1. The lowest BCUT2D eigenvalue weighted by Crippen LogP contribution is -2.38. The summed E-state index contributed by atoms with van der Waals surface area (Å²) >= 11 is 0. The van der Waals surface area contributed by atoms with Crippen LogP contribution in [0.25, 0.3) is 0 Å². The number of anilines is 3. The van der Waals surface area contributed by atoms with E-state index in [0.29, 0.717) is 30.3 Å². The minimum atomic E-state index is -4.68. The van der Waals surface area contributed by atoms with Crippen molar-refractivity contribution in [3.05, 3.63) is 58.1 Å². The summed E-state index contributed by atoms with van der Waals surface area (Å²) in [7, 11) is 1.40. The number of amides is 2. The molecule has 0 aromatic heterocycles. The summed E-state index contributed by atoms with van der Waals surface area (Å²) in [6.07, 6.45) is -3.94. The number of hydrogen-bond donors (Lipinski definition) is 2. The fraction of sp³-hybridized carbons (Fsp3) is 0.364. The van der Waals surface area contributed by atoms with Crippen molar-refractivity contribution in [2.45, 2.75) is 19.0 Å². The molecule has 2 aromatic carbocycles. The van der Waals surface area contributed by atoms with Crippen molar-refractivity contribution in [3.63, 3.8) is 0 Å². The Morgan fingerprint density at radius 3 is 2.35 bits per heavy atom. The number of methoxy groups -OCH3 is 1. The van der Waals surface area contributed by atoms with Crippen LogP contribution >= 0.6 is 0 Å². The van der Waals surface area contributed by atoms with E-state index in [9.17, 15) is 32.9 Å². The molecule has 0 radical (unpaired) electrons. The number of nitrogens with one attached hydrogen (secondary N) is 2. The standard InChI is InChI=1S/C22H23F3N4O5/c1-34-13-20(30)26-16-3-2-4-17(12-16)27-21(31)14-7-9-28(10-8-14)18-6-5-15(22(23,24)25)11-19(18)29(32)33/h2-6,11-12,14H,7-10,13H2,1H3,(H,26,30)(H,27,31). The Balaban J connectivity index is 1.63. The van der Waals surface area contributed by atoms with Gasteiger partial charge in [0, 0.05) is 43.6 Å². The highest BCUT2D eigenvalue weighted by atomic mass is 19.4. The van der Waals surface area contributed by atoms with Gasteiger partial charge in [-0.2, -0.15) is 13.2 Å². The third kappa shape index (κ3) is 6.22. The summed E-state index contributed by atoms with van der Waals surface area (Å²) in [5.41, 5.74) is -0.635. The van der Waals surface area contributed by atoms with E-state index in [4.69, 9.17) is 4.74 Å². The van der Waals surface area contributed by atoms with E-state index in [1.54, 1.807) is 29.2 Å². The van der Waals surface area contributed by atoms with Crippen molar-refractivity contribution >= 4 is 34.6 Å². The molecule has 2 N–H and O–H groups in total. The zero-order valence-electron chi connectivity index (χ0n) is 18.2. The average Bonchev–Trinajstić information content (AvgIpc) is 2.78. The van der Waals surface area contributed by atoms with Crippen LogP contribution in [0.1, 0.15) is 18.4 Å². The van der Waals surface area contributed by atoms with E-state index in [2.05, 4.69) is 10.6 Å². The van der Waals surface area contributed by atoms with E-state index in [-0.39, 0.29) is 43.1 Å². The van der Waals surface area contributed by atoms with Crippen LogP contribution in [0, 0.1) is 16.0 Å². The summed E-state index contributed by atoms with van der Waals surface area (Å²) in [6, 6.07) is 9.07. The van der Waals surface area contributed by atoms with Gasteiger partial charge in [-0.15, -0.1) is 0 Å². The third-order valence-electron chi connectivity index (χ3n) is 5.40. The first-order valence-electron chi connectivity index (χ1n) is 10.4. The molecule has 12 heteroatoms. The first kappa shape index (κ1) is 25.0. The summed E-state index contributed by atoms with van der Waals surface area (Å²) in [5, 5.41) is 16.8. The summed E-state index contributed by atoms with van der Waals surface area (Å²) in [4.78, 5) is 36.5. The maximum absolute atomic E-state index is 12.9. The van der Waals surface area contributed by atoms with Gasteiger partial charge in [0.15, 0.2) is 0 Å². The monoisotopic (exact) mass is 480 g/mol. The molecule has 2 amide bonds. The van der Waals surface area contributed by atoms with Crippen molar-refractivity contribution in [3.8, 4) is 0 Å². The van der Waals surface area contributed by atoms with Crippen LogP contribution in [0.2, 0.25) is 0 Å². The molecule has 3 rings (SSSR count). The largest absolute Gasteiger partial charge is 0.416 e. The Labute approximate surface area is 193 Å². The highest BCUT2D eigenvalue weighted by molar-refractivity contribution is 5.95. The predicted molar refractivity (Wildman–Crippen MR) is 119 cm³/mol. The fourth-order valence-corrected chi connectivity index (χ4v) is 3.74. The quantitative estimate of drug-likeness (QED) is 0.457. The molecule has 1 heterocycles. The lowest BCUT2D eigenvalue weighted by Gasteiger charge is -2.32. The van der Waals surface area contributed by atoms with E-state index in [1.165, 1.54) is 7.11 Å². The summed E-state index contributed by atoms with van der Waals surface area (Å²) in [5.74, 6) is -0.964. The van der Waals surface area contributed by atoms with E-state index in [1.807, 2.05) is 0 Å². The number of ether oxygens (including phenoxy) is 1. The minimum Gasteiger partial charge on any atom is -0.375 e. The second-order valence-electron chi connectivity index (χ2n) is 7.77. The number of carbonyl (C=O) groups is 2. The van der Waals surface area contributed by atoms with E-state index in [0.717, 1.165) is 12.1 Å². The van der Waals surface area contributed by atoms with Crippen LogP contribution in [-0.2, 0) is 20.5 Å². The van der Waals surface area contributed by atoms with Gasteiger partial charge in [0.2, 0.25) is 11.8 Å². The molecular weight excluding hydrogens is 457 g/mol. The number of halogens is 3. The molecule has 2 aromatic rings. The van der Waals surface area contributed by atoms with Crippen molar-refractivity contribution in [2.24, 2.45) is 5.92 Å². The lowest BCUT2D eigenvalue weighted by atomic mass is 9.95. The van der Waals surface area contributed by atoms with Gasteiger partial charge in [-0.05, 0) is 43.2 Å². The Kier molecular flexibility index (Phi) is 7.72. The highest BCUT2D eigenvalue weighted by Gasteiger charge is 2.35. The van der Waals surface area contributed by atoms with Crippen LogP contribution < -0.4 is 15.5 Å². The Bertz CT molecular complexity index is 1070. The van der Waals surface area contributed by atoms with Crippen LogP contribution in [-0.4, -0.2) is 43.5 Å². The fourth-order valence-electron chi connectivity index (χ4n) is 3.74. The molecule has 0 bridgehead atoms. The zero-order chi connectivity index (χ0) is 24.9. The molecule has 1 fully saturated rings. The maximum Gasteiger partial charge on any atom is 0.416 e.